The molecular weight excluding hydrogens is 236 g/mol. The zero-order valence-corrected chi connectivity index (χ0v) is 11.2. The first kappa shape index (κ1) is 11.3. The molecule has 0 unspecified atom stereocenters. The van der Waals surface area contributed by atoms with Gasteiger partial charge in [-0.15, -0.1) is 0 Å². The lowest BCUT2D eigenvalue weighted by Gasteiger charge is -2.40. The van der Waals surface area contributed by atoms with E-state index in [9.17, 15) is 4.79 Å². The highest BCUT2D eigenvalue weighted by Crippen LogP contribution is 2.41. The Hall–Kier alpha value is -1.51. The molecular formula is C16H20N2O. The summed E-state index contributed by atoms with van der Waals surface area (Å²) >= 11 is 0. The minimum Gasteiger partial charge on any atom is -0.365 e. The number of carbonyl (C=O) groups is 1. The van der Waals surface area contributed by atoms with E-state index in [4.69, 9.17) is 0 Å². The third-order valence-corrected chi connectivity index (χ3v) is 4.75. The summed E-state index contributed by atoms with van der Waals surface area (Å²) in [5.41, 5.74) is 2.40. The summed E-state index contributed by atoms with van der Waals surface area (Å²) in [4.78, 5) is 17.1. The molecule has 0 spiro atoms. The van der Waals surface area contributed by atoms with Crippen molar-refractivity contribution in [2.24, 2.45) is 5.92 Å². The van der Waals surface area contributed by atoms with Crippen LogP contribution < -0.4 is 9.80 Å². The minimum atomic E-state index is 0.292. The van der Waals surface area contributed by atoms with Crippen LogP contribution in [0.25, 0.3) is 0 Å². The Morgan fingerprint density at radius 2 is 1.74 bits per heavy atom. The van der Waals surface area contributed by atoms with E-state index in [0.717, 1.165) is 37.7 Å². The van der Waals surface area contributed by atoms with Gasteiger partial charge < -0.3 is 9.80 Å². The Morgan fingerprint density at radius 1 is 1.00 bits per heavy atom. The van der Waals surface area contributed by atoms with Gasteiger partial charge >= 0.3 is 0 Å². The number of hydrogen-bond donors (Lipinski definition) is 0. The fraction of sp³-hybridized carbons (Fsp3) is 0.562. The summed E-state index contributed by atoms with van der Waals surface area (Å²) in [6.45, 7) is 1.86. The van der Waals surface area contributed by atoms with E-state index >= 15 is 0 Å². The predicted octanol–water partition coefficient (Wildman–Crippen LogP) is 2.80. The van der Waals surface area contributed by atoms with Gasteiger partial charge in [0.25, 0.3) is 0 Å². The molecule has 0 aromatic heterocycles. The van der Waals surface area contributed by atoms with Gasteiger partial charge in [-0.1, -0.05) is 18.6 Å². The Labute approximate surface area is 114 Å². The van der Waals surface area contributed by atoms with Crippen LogP contribution in [0.2, 0.25) is 0 Å². The fourth-order valence-electron chi connectivity index (χ4n) is 3.25. The maximum atomic E-state index is 12.5. The highest BCUT2D eigenvalue weighted by atomic mass is 16.2. The maximum Gasteiger partial charge on any atom is 0.230 e. The summed E-state index contributed by atoms with van der Waals surface area (Å²) < 4.78 is 0. The van der Waals surface area contributed by atoms with E-state index < -0.39 is 0 Å². The highest BCUT2D eigenvalue weighted by molar-refractivity contribution is 5.99. The van der Waals surface area contributed by atoms with Crippen LogP contribution in [-0.2, 0) is 4.79 Å². The minimum absolute atomic E-state index is 0.292. The van der Waals surface area contributed by atoms with Gasteiger partial charge in [-0.25, -0.2) is 0 Å². The topological polar surface area (TPSA) is 23.6 Å². The quantitative estimate of drug-likeness (QED) is 0.812. The smallest absolute Gasteiger partial charge is 0.230 e. The van der Waals surface area contributed by atoms with Gasteiger partial charge in [0, 0.05) is 25.0 Å². The first-order valence-electron chi connectivity index (χ1n) is 7.51. The van der Waals surface area contributed by atoms with Crippen molar-refractivity contribution in [3.63, 3.8) is 0 Å². The second-order valence-corrected chi connectivity index (χ2v) is 6.03. The molecule has 100 valence electrons. The third-order valence-electron chi connectivity index (χ3n) is 4.75. The van der Waals surface area contributed by atoms with E-state index in [2.05, 4.69) is 29.2 Å². The van der Waals surface area contributed by atoms with Crippen LogP contribution in [0.5, 0.6) is 0 Å². The number of benzene rings is 1. The summed E-state index contributed by atoms with van der Waals surface area (Å²) in [5, 5.41) is 0. The summed E-state index contributed by atoms with van der Waals surface area (Å²) in [6, 6.07) is 9.15. The number of carbonyl (C=O) groups excluding carboxylic acids is 1. The zero-order valence-electron chi connectivity index (χ0n) is 11.2. The predicted molar refractivity (Wildman–Crippen MR) is 76.5 cm³/mol. The van der Waals surface area contributed by atoms with E-state index in [1.807, 2.05) is 4.90 Å². The monoisotopic (exact) mass is 256 g/mol. The van der Waals surface area contributed by atoms with Crippen molar-refractivity contribution in [2.45, 2.75) is 38.1 Å². The summed E-state index contributed by atoms with van der Waals surface area (Å²) in [5.74, 6) is 0.648. The lowest BCUT2D eigenvalue weighted by atomic mass is 9.84. The SMILES string of the molecule is O=C(C1CCC1)N1CCN(C2CC2)c2ccccc21. The fourth-order valence-corrected chi connectivity index (χ4v) is 3.25. The largest absolute Gasteiger partial charge is 0.365 e. The molecule has 2 fully saturated rings. The number of nitrogens with zero attached hydrogens (tertiary/aromatic N) is 2. The molecule has 3 nitrogen and oxygen atoms in total. The number of rotatable bonds is 2. The molecule has 2 saturated carbocycles. The van der Waals surface area contributed by atoms with E-state index in [0.29, 0.717) is 11.8 Å². The first-order valence-corrected chi connectivity index (χ1v) is 7.51. The highest BCUT2D eigenvalue weighted by Gasteiger charge is 2.37. The normalized spacial score (nSPS) is 22.9. The lowest BCUT2D eigenvalue weighted by molar-refractivity contribution is -0.124. The molecule has 1 aromatic carbocycles. The van der Waals surface area contributed by atoms with Crippen molar-refractivity contribution in [1.82, 2.24) is 0 Å². The number of amides is 1. The Bertz CT molecular complexity index is 505. The van der Waals surface area contributed by atoms with E-state index in [-0.39, 0.29) is 0 Å². The van der Waals surface area contributed by atoms with Crippen LogP contribution in [0, 0.1) is 5.92 Å². The number of fused-ring (bicyclic) bond motifs is 1. The Kier molecular flexibility index (Phi) is 2.54. The molecule has 3 aliphatic rings. The standard InChI is InChI=1S/C16H20N2O/c19-16(12-4-3-5-12)18-11-10-17(13-8-9-13)14-6-1-2-7-15(14)18/h1-2,6-7,12-13H,3-5,8-11H2. The van der Waals surface area contributed by atoms with Crippen molar-refractivity contribution in [2.75, 3.05) is 22.9 Å². The van der Waals surface area contributed by atoms with Gasteiger partial charge in [0.05, 0.1) is 11.4 Å². The van der Waals surface area contributed by atoms with Crippen molar-refractivity contribution in [3.8, 4) is 0 Å². The van der Waals surface area contributed by atoms with Gasteiger partial charge in [-0.2, -0.15) is 0 Å². The van der Waals surface area contributed by atoms with Crippen LogP contribution in [0.3, 0.4) is 0 Å². The van der Waals surface area contributed by atoms with Crippen LogP contribution in [0.15, 0.2) is 24.3 Å². The molecule has 1 amide bonds. The summed E-state index contributed by atoms with van der Waals surface area (Å²) in [6.07, 6.45) is 6.02. The van der Waals surface area contributed by atoms with Crippen molar-refractivity contribution in [1.29, 1.82) is 0 Å². The zero-order chi connectivity index (χ0) is 12.8. The molecule has 1 aromatic rings. The van der Waals surface area contributed by atoms with Crippen LogP contribution in [-0.4, -0.2) is 25.0 Å². The van der Waals surface area contributed by atoms with Crippen LogP contribution in [0.1, 0.15) is 32.1 Å². The number of hydrogen-bond acceptors (Lipinski definition) is 2. The van der Waals surface area contributed by atoms with Crippen LogP contribution >= 0.6 is 0 Å². The molecule has 1 heterocycles. The third kappa shape index (κ3) is 1.83. The molecule has 3 heteroatoms. The first-order chi connectivity index (χ1) is 9.34. The van der Waals surface area contributed by atoms with Crippen LogP contribution in [0.4, 0.5) is 11.4 Å². The molecule has 0 atom stereocenters. The molecule has 0 bridgehead atoms. The molecule has 1 aliphatic heterocycles. The van der Waals surface area contributed by atoms with Gasteiger partial charge in [-0.3, -0.25) is 4.79 Å². The molecule has 0 radical (unpaired) electrons. The average molecular weight is 256 g/mol. The average Bonchev–Trinajstić information content (AvgIpc) is 3.19. The van der Waals surface area contributed by atoms with E-state index in [1.54, 1.807) is 0 Å². The molecule has 19 heavy (non-hydrogen) atoms. The van der Waals surface area contributed by atoms with E-state index in [1.165, 1.54) is 24.9 Å². The Morgan fingerprint density at radius 3 is 2.37 bits per heavy atom. The van der Waals surface area contributed by atoms with Gasteiger partial charge in [0.1, 0.15) is 0 Å². The molecule has 2 aliphatic carbocycles. The van der Waals surface area contributed by atoms with Crippen molar-refractivity contribution >= 4 is 17.3 Å². The van der Waals surface area contributed by atoms with Crippen molar-refractivity contribution in [3.05, 3.63) is 24.3 Å². The molecule has 0 N–H and O–H groups in total. The summed E-state index contributed by atoms with van der Waals surface area (Å²) in [7, 11) is 0. The Balaban J connectivity index is 1.66. The van der Waals surface area contributed by atoms with Gasteiger partial charge in [0.2, 0.25) is 5.91 Å². The number of para-hydroxylation sites is 2. The lowest BCUT2D eigenvalue weighted by Crippen LogP contribution is -2.48. The second kappa shape index (κ2) is 4.26. The van der Waals surface area contributed by atoms with Crippen molar-refractivity contribution < 1.29 is 4.79 Å². The van der Waals surface area contributed by atoms with Gasteiger partial charge in [-0.05, 0) is 37.8 Å². The van der Waals surface area contributed by atoms with Gasteiger partial charge in [0.15, 0.2) is 0 Å². The molecule has 0 saturated heterocycles. The number of anilines is 2. The maximum absolute atomic E-state index is 12.5. The second-order valence-electron chi connectivity index (χ2n) is 6.03. The molecule has 4 rings (SSSR count).